The maximum atomic E-state index is 14.6. The highest BCUT2D eigenvalue weighted by molar-refractivity contribution is 7.09. The summed E-state index contributed by atoms with van der Waals surface area (Å²) >= 11 is 7.67. The minimum Gasteiger partial charge on any atom is -0.503 e. The molecule has 0 spiro atoms. The fraction of sp³-hybridized carbons (Fsp3) is 0.263. The van der Waals surface area contributed by atoms with Gasteiger partial charge in [0, 0.05) is 21.4 Å². The number of aliphatic hydroxyl groups is 1. The van der Waals surface area contributed by atoms with Crippen molar-refractivity contribution in [1.29, 1.82) is 0 Å². The van der Waals surface area contributed by atoms with Crippen LogP contribution in [0, 0.1) is 11.7 Å². The molecule has 0 bridgehead atoms. The summed E-state index contributed by atoms with van der Waals surface area (Å²) in [6, 6.07) is 6.89. The van der Waals surface area contributed by atoms with E-state index in [2.05, 4.69) is 0 Å². The smallest absolute Gasteiger partial charge is 0.290 e. The highest BCUT2D eigenvalue weighted by Crippen LogP contribution is 2.46. The lowest BCUT2D eigenvalue weighted by Crippen LogP contribution is -2.31. The van der Waals surface area contributed by atoms with Gasteiger partial charge in [-0.3, -0.25) is 9.59 Å². The summed E-state index contributed by atoms with van der Waals surface area (Å²) in [5.74, 6) is -2.39. The van der Waals surface area contributed by atoms with Crippen molar-refractivity contribution in [3.05, 3.63) is 68.3 Å². The third kappa shape index (κ3) is 2.83. The molecule has 0 radical (unpaired) electrons. The van der Waals surface area contributed by atoms with Gasteiger partial charge in [0.25, 0.3) is 5.91 Å². The molecule has 0 saturated heterocycles. The van der Waals surface area contributed by atoms with Gasteiger partial charge in [-0.25, -0.2) is 4.39 Å². The number of benzene rings is 1. The van der Waals surface area contributed by atoms with Crippen molar-refractivity contribution in [2.45, 2.75) is 25.4 Å². The number of nitrogens with zero attached hydrogens (tertiary/aromatic N) is 1. The number of ketones is 1. The van der Waals surface area contributed by atoms with Gasteiger partial charge in [-0.1, -0.05) is 23.7 Å². The van der Waals surface area contributed by atoms with Crippen LogP contribution in [0.1, 0.15) is 29.3 Å². The standard InChI is InChI=1S/C19H15ClFNO3S/c20-12-4-1-5-13(21)14(12)16-15(17(23)10-6-7-10)18(24)19(25)22(16)9-11-3-2-8-26-11/h1-5,8,10,16,24H,6-7,9H2. The van der Waals surface area contributed by atoms with E-state index in [1.165, 1.54) is 34.4 Å². The summed E-state index contributed by atoms with van der Waals surface area (Å²) in [6.45, 7) is 0.164. The van der Waals surface area contributed by atoms with Crippen LogP contribution in [0.5, 0.6) is 0 Å². The van der Waals surface area contributed by atoms with Crippen molar-refractivity contribution in [3.63, 3.8) is 0 Å². The molecule has 1 amide bonds. The largest absolute Gasteiger partial charge is 0.503 e. The average Bonchev–Trinajstić information content (AvgIpc) is 3.29. The molecule has 1 unspecified atom stereocenters. The maximum Gasteiger partial charge on any atom is 0.290 e. The Morgan fingerprint density at radius 2 is 2.08 bits per heavy atom. The molecule has 1 aromatic carbocycles. The van der Waals surface area contributed by atoms with E-state index in [0.717, 1.165) is 4.88 Å². The minimum absolute atomic E-state index is 0.0407. The fourth-order valence-corrected chi connectivity index (χ4v) is 4.25. The number of hydrogen-bond donors (Lipinski definition) is 1. The second kappa shape index (κ2) is 6.52. The Kier molecular flexibility index (Phi) is 4.32. The number of carbonyl (C=O) groups is 2. The van der Waals surface area contributed by atoms with Gasteiger partial charge >= 0.3 is 0 Å². The van der Waals surface area contributed by atoms with Crippen LogP contribution in [0.2, 0.25) is 5.02 Å². The third-order valence-electron chi connectivity index (χ3n) is 4.70. The molecule has 4 nitrogen and oxygen atoms in total. The molecule has 2 heterocycles. The maximum absolute atomic E-state index is 14.6. The van der Waals surface area contributed by atoms with Gasteiger partial charge in [0.1, 0.15) is 5.82 Å². The summed E-state index contributed by atoms with van der Waals surface area (Å²) in [5.41, 5.74) is 0.00757. The van der Waals surface area contributed by atoms with E-state index in [-0.39, 0.29) is 34.4 Å². The first kappa shape index (κ1) is 17.2. The zero-order valence-corrected chi connectivity index (χ0v) is 15.2. The van der Waals surface area contributed by atoms with E-state index >= 15 is 0 Å². The molecule has 2 aromatic rings. The topological polar surface area (TPSA) is 57.6 Å². The van der Waals surface area contributed by atoms with Crippen molar-refractivity contribution in [1.82, 2.24) is 4.90 Å². The second-order valence-electron chi connectivity index (χ2n) is 6.45. The van der Waals surface area contributed by atoms with E-state index in [1.54, 1.807) is 0 Å². The summed E-state index contributed by atoms with van der Waals surface area (Å²) in [6.07, 6.45) is 1.43. The Morgan fingerprint density at radius 3 is 2.69 bits per heavy atom. The summed E-state index contributed by atoms with van der Waals surface area (Å²) in [5, 5.41) is 12.4. The number of aliphatic hydroxyl groups excluding tert-OH is 1. The summed E-state index contributed by atoms with van der Waals surface area (Å²) < 4.78 is 14.6. The molecule has 2 aliphatic rings. The van der Waals surface area contributed by atoms with Crippen molar-refractivity contribution in [3.8, 4) is 0 Å². The molecule has 1 aliphatic carbocycles. The zero-order chi connectivity index (χ0) is 18.4. The lowest BCUT2D eigenvalue weighted by Gasteiger charge is -2.27. The highest BCUT2D eigenvalue weighted by atomic mass is 35.5. The molecule has 1 atom stereocenters. The monoisotopic (exact) mass is 391 g/mol. The number of carbonyl (C=O) groups excluding carboxylic acids is 2. The predicted octanol–water partition coefficient (Wildman–Crippen LogP) is 4.42. The molecule has 7 heteroatoms. The Bertz CT molecular complexity index is 901. The van der Waals surface area contributed by atoms with E-state index in [4.69, 9.17) is 11.6 Å². The van der Waals surface area contributed by atoms with Gasteiger partial charge in [-0.15, -0.1) is 11.3 Å². The zero-order valence-electron chi connectivity index (χ0n) is 13.6. The highest BCUT2D eigenvalue weighted by Gasteiger charge is 2.48. The second-order valence-corrected chi connectivity index (χ2v) is 7.89. The number of halogens is 2. The Balaban J connectivity index is 1.84. The molecule has 134 valence electrons. The number of Topliss-reactive ketones (excluding diaryl/α,β-unsaturated/α-hetero) is 1. The first-order chi connectivity index (χ1) is 12.5. The van der Waals surface area contributed by atoms with Gasteiger partial charge in [0.05, 0.1) is 18.2 Å². The molecule has 1 fully saturated rings. The van der Waals surface area contributed by atoms with E-state index in [9.17, 15) is 19.1 Å². The van der Waals surface area contributed by atoms with Crippen LogP contribution < -0.4 is 0 Å². The molecule has 1 saturated carbocycles. The summed E-state index contributed by atoms with van der Waals surface area (Å²) in [4.78, 5) is 27.6. The Hall–Kier alpha value is -2.18. The van der Waals surface area contributed by atoms with Gasteiger partial charge < -0.3 is 10.0 Å². The van der Waals surface area contributed by atoms with Crippen molar-refractivity contribution in [2.75, 3.05) is 0 Å². The van der Waals surface area contributed by atoms with Gasteiger partial charge in [-0.2, -0.15) is 0 Å². The Labute approximate surface area is 158 Å². The predicted molar refractivity (Wildman–Crippen MR) is 96.4 cm³/mol. The lowest BCUT2D eigenvalue weighted by molar-refractivity contribution is -0.130. The molecule has 1 aromatic heterocycles. The van der Waals surface area contributed by atoms with E-state index in [1.807, 2.05) is 17.5 Å². The van der Waals surface area contributed by atoms with Crippen LogP contribution in [0.25, 0.3) is 0 Å². The molecule has 1 aliphatic heterocycles. The van der Waals surface area contributed by atoms with Crippen LogP contribution in [0.4, 0.5) is 4.39 Å². The molecular formula is C19H15ClFNO3S. The average molecular weight is 392 g/mol. The number of hydrogen-bond acceptors (Lipinski definition) is 4. The third-order valence-corrected chi connectivity index (χ3v) is 5.89. The fourth-order valence-electron chi connectivity index (χ4n) is 3.28. The van der Waals surface area contributed by atoms with Crippen molar-refractivity contribution in [2.24, 2.45) is 5.92 Å². The molecular weight excluding hydrogens is 377 g/mol. The van der Waals surface area contributed by atoms with Gasteiger partial charge in [-0.05, 0) is 36.4 Å². The lowest BCUT2D eigenvalue weighted by atomic mass is 9.93. The Morgan fingerprint density at radius 1 is 1.31 bits per heavy atom. The first-order valence-corrected chi connectivity index (χ1v) is 9.49. The van der Waals surface area contributed by atoms with Gasteiger partial charge in [0.2, 0.25) is 0 Å². The number of thiophene rings is 1. The number of amides is 1. The normalized spacial score (nSPS) is 20.2. The molecule has 1 N–H and O–H groups in total. The van der Waals surface area contributed by atoms with E-state index in [0.29, 0.717) is 12.8 Å². The van der Waals surface area contributed by atoms with Gasteiger partial charge in [0.15, 0.2) is 11.5 Å². The first-order valence-electron chi connectivity index (χ1n) is 8.23. The minimum atomic E-state index is -1.02. The molecule has 4 rings (SSSR count). The van der Waals surface area contributed by atoms with Crippen LogP contribution in [0.3, 0.4) is 0 Å². The van der Waals surface area contributed by atoms with E-state index < -0.39 is 23.5 Å². The van der Waals surface area contributed by atoms with Crippen LogP contribution in [-0.4, -0.2) is 21.7 Å². The van der Waals surface area contributed by atoms with Crippen LogP contribution in [0.15, 0.2) is 47.0 Å². The summed E-state index contributed by atoms with van der Waals surface area (Å²) in [7, 11) is 0. The SMILES string of the molecule is O=C(C1=C(O)C(=O)N(Cc2cccs2)C1c1c(F)cccc1Cl)C1CC1. The van der Waals surface area contributed by atoms with Crippen LogP contribution in [-0.2, 0) is 16.1 Å². The van der Waals surface area contributed by atoms with Crippen LogP contribution >= 0.6 is 22.9 Å². The van der Waals surface area contributed by atoms with Crippen molar-refractivity contribution >= 4 is 34.6 Å². The quantitative estimate of drug-likeness (QED) is 0.821. The number of rotatable bonds is 5. The molecule has 26 heavy (non-hydrogen) atoms. The van der Waals surface area contributed by atoms with Crippen molar-refractivity contribution < 1.29 is 19.1 Å².